The summed E-state index contributed by atoms with van der Waals surface area (Å²) >= 11 is 0. The Balaban J connectivity index is 2.04. The lowest BCUT2D eigenvalue weighted by Gasteiger charge is -2.13. The molecule has 0 heterocycles. The van der Waals surface area contributed by atoms with E-state index in [1.54, 1.807) is 31.2 Å². The Morgan fingerprint density at radius 2 is 1.74 bits per heavy atom. The van der Waals surface area contributed by atoms with E-state index in [1.807, 2.05) is 30.3 Å². The monoisotopic (exact) mass is 313 g/mol. The van der Waals surface area contributed by atoms with Crippen LogP contribution in [0.1, 0.15) is 24.2 Å². The molecule has 0 aliphatic rings. The fraction of sp³-hybridized carbons (Fsp3) is 0.222. The smallest absolute Gasteiger partial charge is 0.339 e. The highest BCUT2D eigenvalue weighted by atomic mass is 16.5. The second-order valence-corrected chi connectivity index (χ2v) is 4.89. The van der Waals surface area contributed by atoms with Gasteiger partial charge in [-0.3, -0.25) is 4.79 Å². The Morgan fingerprint density at radius 1 is 1.04 bits per heavy atom. The zero-order chi connectivity index (χ0) is 16.7. The van der Waals surface area contributed by atoms with E-state index in [2.05, 4.69) is 5.32 Å². The predicted molar refractivity (Wildman–Crippen MR) is 86.5 cm³/mol. The highest BCUT2D eigenvalue weighted by Crippen LogP contribution is 2.22. The minimum atomic E-state index is -0.846. The number of amides is 1. The van der Waals surface area contributed by atoms with E-state index < -0.39 is 12.1 Å². The summed E-state index contributed by atoms with van der Waals surface area (Å²) in [5.41, 5.74) is 0.328. The molecule has 0 saturated heterocycles. The summed E-state index contributed by atoms with van der Waals surface area (Å²) in [7, 11) is 0. The first kappa shape index (κ1) is 16.5. The second kappa shape index (κ2) is 7.98. The van der Waals surface area contributed by atoms with E-state index in [0.717, 1.165) is 0 Å². The maximum absolute atomic E-state index is 12.1. The van der Waals surface area contributed by atoms with E-state index in [4.69, 9.17) is 9.47 Å². The van der Waals surface area contributed by atoms with Gasteiger partial charge < -0.3 is 14.8 Å². The van der Waals surface area contributed by atoms with Gasteiger partial charge in [0, 0.05) is 6.54 Å². The summed E-state index contributed by atoms with van der Waals surface area (Å²) in [6.07, 6.45) is -0.846. The van der Waals surface area contributed by atoms with Crippen molar-refractivity contribution < 1.29 is 19.1 Å². The average Bonchev–Trinajstić information content (AvgIpc) is 2.56. The molecule has 2 aromatic carbocycles. The van der Waals surface area contributed by atoms with E-state index >= 15 is 0 Å². The Bertz CT molecular complexity index is 670. The van der Waals surface area contributed by atoms with Crippen LogP contribution in [0.4, 0.5) is 0 Å². The Labute approximate surface area is 135 Å². The third-order valence-electron chi connectivity index (χ3n) is 3.05. The number of para-hydroxylation sites is 1. The van der Waals surface area contributed by atoms with Gasteiger partial charge in [0.25, 0.3) is 5.91 Å². The van der Waals surface area contributed by atoms with Crippen molar-refractivity contribution in [3.8, 4) is 11.5 Å². The molecule has 0 fully saturated rings. The zero-order valence-corrected chi connectivity index (χ0v) is 13.1. The number of carbonyl (C=O) groups is 2. The molecule has 2 rings (SSSR count). The van der Waals surface area contributed by atoms with Crippen LogP contribution in [0.2, 0.25) is 0 Å². The van der Waals surface area contributed by atoms with E-state index in [1.165, 1.54) is 6.92 Å². The van der Waals surface area contributed by atoms with Crippen LogP contribution >= 0.6 is 0 Å². The van der Waals surface area contributed by atoms with Gasteiger partial charge in [-0.1, -0.05) is 24.3 Å². The van der Waals surface area contributed by atoms with Crippen LogP contribution in [0.15, 0.2) is 54.6 Å². The lowest BCUT2D eigenvalue weighted by molar-refractivity contribution is -0.128. The Morgan fingerprint density at radius 3 is 2.43 bits per heavy atom. The highest BCUT2D eigenvalue weighted by molar-refractivity contribution is 5.92. The lowest BCUT2D eigenvalue weighted by atomic mass is 10.2. The SMILES string of the molecule is CCNC(=O)[C@@H](C)OC(=O)c1cccc(Oc2ccccc2)c1. The molecule has 0 spiro atoms. The van der Waals surface area contributed by atoms with Gasteiger partial charge in [0.1, 0.15) is 11.5 Å². The first-order chi connectivity index (χ1) is 11.1. The van der Waals surface area contributed by atoms with E-state index in [9.17, 15) is 9.59 Å². The van der Waals surface area contributed by atoms with Crippen molar-refractivity contribution >= 4 is 11.9 Å². The first-order valence-electron chi connectivity index (χ1n) is 7.42. The molecule has 0 bridgehead atoms. The molecule has 0 unspecified atom stereocenters. The molecular weight excluding hydrogens is 294 g/mol. The highest BCUT2D eigenvalue weighted by Gasteiger charge is 2.18. The molecular formula is C18H19NO4. The maximum atomic E-state index is 12.1. The minimum absolute atomic E-state index is 0.322. The van der Waals surface area contributed by atoms with Gasteiger partial charge in [-0.05, 0) is 44.2 Å². The molecule has 0 aliphatic heterocycles. The lowest BCUT2D eigenvalue weighted by Crippen LogP contribution is -2.35. The van der Waals surface area contributed by atoms with Crippen LogP contribution in [-0.4, -0.2) is 24.5 Å². The molecule has 23 heavy (non-hydrogen) atoms. The molecule has 5 heteroatoms. The van der Waals surface area contributed by atoms with Gasteiger partial charge >= 0.3 is 5.97 Å². The van der Waals surface area contributed by atoms with Gasteiger partial charge in [-0.2, -0.15) is 0 Å². The Hall–Kier alpha value is -2.82. The number of rotatable bonds is 6. The van der Waals surface area contributed by atoms with E-state index in [-0.39, 0.29) is 5.91 Å². The maximum Gasteiger partial charge on any atom is 0.339 e. The second-order valence-electron chi connectivity index (χ2n) is 4.89. The van der Waals surface area contributed by atoms with Crippen LogP contribution in [0.3, 0.4) is 0 Å². The molecule has 1 amide bonds. The van der Waals surface area contributed by atoms with Crippen molar-refractivity contribution in [3.05, 3.63) is 60.2 Å². The van der Waals surface area contributed by atoms with Crippen LogP contribution in [0.25, 0.3) is 0 Å². The van der Waals surface area contributed by atoms with Crippen molar-refractivity contribution in [1.82, 2.24) is 5.32 Å². The molecule has 2 aromatic rings. The standard InChI is InChI=1S/C18H19NO4/c1-3-19-17(20)13(2)22-18(21)14-8-7-11-16(12-14)23-15-9-5-4-6-10-15/h4-13H,3H2,1-2H3,(H,19,20)/t13-/m1/s1. The summed E-state index contributed by atoms with van der Waals surface area (Å²) < 4.78 is 10.8. The summed E-state index contributed by atoms with van der Waals surface area (Å²) in [5, 5.41) is 2.61. The molecule has 120 valence electrons. The van der Waals surface area contributed by atoms with Crippen LogP contribution in [0.5, 0.6) is 11.5 Å². The van der Waals surface area contributed by atoms with Crippen LogP contribution in [0, 0.1) is 0 Å². The van der Waals surface area contributed by atoms with Crippen LogP contribution < -0.4 is 10.1 Å². The van der Waals surface area contributed by atoms with Crippen molar-refractivity contribution in [2.45, 2.75) is 20.0 Å². The summed E-state index contributed by atoms with van der Waals surface area (Å²) in [5.74, 6) is 0.310. The largest absolute Gasteiger partial charge is 0.457 e. The quantitative estimate of drug-likeness (QED) is 0.832. The van der Waals surface area contributed by atoms with Gasteiger partial charge in [0.15, 0.2) is 6.10 Å². The number of hydrogen-bond acceptors (Lipinski definition) is 4. The number of nitrogens with one attached hydrogen (secondary N) is 1. The number of esters is 1. The number of hydrogen-bond donors (Lipinski definition) is 1. The summed E-state index contributed by atoms with van der Waals surface area (Å²) in [4.78, 5) is 23.7. The van der Waals surface area contributed by atoms with Crippen LogP contribution in [-0.2, 0) is 9.53 Å². The number of carbonyl (C=O) groups excluding carboxylic acids is 2. The molecule has 1 N–H and O–H groups in total. The number of ether oxygens (including phenoxy) is 2. The molecule has 0 saturated carbocycles. The van der Waals surface area contributed by atoms with E-state index in [0.29, 0.717) is 23.6 Å². The number of benzene rings is 2. The van der Waals surface area contributed by atoms with Crippen molar-refractivity contribution in [2.75, 3.05) is 6.54 Å². The predicted octanol–water partition coefficient (Wildman–Crippen LogP) is 3.16. The molecule has 1 atom stereocenters. The fourth-order valence-corrected chi connectivity index (χ4v) is 1.91. The topological polar surface area (TPSA) is 64.6 Å². The average molecular weight is 313 g/mol. The third kappa shape index (κ3) is 4.85. The fourth-order valence-electron chi connectivity index (χ4n) is 1.91. The molecule has 5 nitrogen and oxygen atoms in total. The summed E-state index contributed by atoms with van der Waals surface area (Å²) in [6.45, 7) is 3.82. The summed E-state index contributed by atoms with van der Waals surface area (Å²) in [6, 6.07) is 15.9. The Kier molecular flexibility index (Phi) is 5.74. The van der Waals surface area contributed by atoms with Crippen molar-refractivity contribution in [1.29, 1.82) is 0 Å². The van der Waals surface area contributed by atoms with Gasteiger partial charge in [-0.25, -0.2) is 4.79 Å². The molecule has 0 aromatic heterocycles. The third-order valence-corrected chi connectivity index (χ3v) is 3.05. The van der Waals surface area contributed by atoms with Gasteiger partial charge in [0.05, 0.1) is 5.56 Å². The number of likely N-dealkylation sites (N-methyl/N-ethyl adjacent to an activating group) is 1. The first-order valence-corrected chi connectivity index (χ1v) is 7.42. The molecule has 0 radical (unpaired) electrons. The van der Waals surface area contributed by atoms with Crippen molar-refractivity contribution in [3.63, 3.8) is 0 Å². The van der Waals surface area contributed by atoms with Gasteiger partial charge in [-0.15, -0.1) is 0 Å². The zero-order valence-electron chi connectivity index (χ0n) is 13.1. The minimum Gasteiger partial charge on any atom is -0.457 e. The normalized spacial score (nSPS) is 11.4. The van der Waals surface area contributed by atoms with Gasteiger partial charge in [0.2, 0.25) is 0 Å². The molecule has 0 aliphatic carbocycles. The van der Waals surface area contributed by atoms with Crippen molar-refractivity contribution in [2.24, 2.45) is 0 Å².